The largest absolute Gasteiger partial charge is 0.313 e. The van der Waals surface area contributed by atoms with Crippen molar-refractivity contribution in [2.24, 2.45) is 0 Å². The molecule has 17 heavy (non-hydrogen) atoms. The van der Waals surface area contributed by atoms with Crippen LogP contribution in [0.3, 0.4) is 0 Å². The van der Waals surface area contributed by atoms with Gasteiger partial charge in [-0.2, -0.15) is 0 Å². The van der Waals surface area contributed by atoms with Crippen LogP contribution in [0.5, 0.6) is 0 Å². The van der Waals surface area contributed by atoms with Gasteiger partial charge in [-0.05, 0) is 43.1 Å². The molecular formula is C12H17Cl3N2. The lowest BCUT2D eigenvalue weighted by Crippen LogP contribution is -2.33. The maximum absolute atomic E-state index is 6.08. The molecule has 1 saturated heterocycles. The first-order valence-electron chi connectivity index (χ1n) is 5.64. The maximum Gasteiger partial charge on any atom is 0.0451 e. The summed E-state index contributed by atoms with van der Waals surface area (Å²) >= 11 is 12.0. The van der Waals surface area contributed by atoms with Crippen LogP contribution < -0.4 is 10.6 Å². The van der Waals surface area contributed by atoms with E-state index in [9.17, 15) is 0 Å². The molecular weight excluding hydrogens is 279 g/mol. The lowest BCUT2D eigenvalue weighted by Gasteiger charge is -2.12. The van der Waals surface area contributed by atoms with Crippen molar-refractivity contribution in [3.05, 3.63) is 33.8 Å². The highest BCUT2D eigenvalue weighted by molar-refractivity contribution is 6.33. The molecule has 0 radical (unpaired) electrons. The average molecular weight is 296 g/mol. The molecule has 0 aliphatic carbocycles. The second-order valence-corrected chi connectivity index (χ2v) is 5.00. The van der Waals surface area contributed by atoms with Crippen LogP contribution in [0.1, 0.15) is 18.4 Å². The van der Waals surface area contributed by atoms with E-state index in [4.69, 9.17) is 23.2 Å². The molecule has 0 aromatic heterocycles. The van der Waals surface area contributed by atoms with Crippen molar-refractivity contribution in [2.75, 3.05) is 13.1 Å². The minimum atomic E-state index is 0. The van der Waals surface area contributed by atoms with Crippen LogP contribution >= 0.6 is 35.6 Å². The fourth-order valence-electron chi connectivity index (χ4n) is 1.99. The number of hydrogen-bond donors (Lipinski definition) is 2. The lowest BCUT2D eigenvalue weighted by molar-refractivity contribution is 0.536. The fourth-order valence-corrected chi connectivity index (χ4v) is 2.37. The van der Waals surface area contributed by atoms with E-state index >= 15 is 0 Å². The third kappa shape index (κ3) is 4.65. The number of rotatable bonds is 4. The summed E-state index contributed by atoms with van der Waals surface area (Å²) < 4.78 is 0. The number of benzene rings is 1. The summed E-state index contributed by atoms with van der Waals surface area (Å²) in [5.74, 6) is 0. The second kappa shape index (κ2) is 7.45. The van der Waals surface area contributed by atoms with E-state index < -0.39 is 0 Å². The summed E-state index contributed by atoms with van der Waals surface area (Å²) in [6.07, 6.45) is 2.54. The zero-order valence-electron chi connectivity index (χ0n) is 9.51. The van der Waals surface area contributed by atoms with Gasteiger partial charge in [0, 0.05) is 29.2 Å². The normalized spacial score (nSPS) is 19.1. The summed E-state index contributed by atoms with van der Waals surface area (Å²) in [5, 5.41) is 8.36. The van der Waals surface area contributed by atoms with Gasteiger partial charge in [-0.1, -0.05) is 23.2 Å². The Morgan fingerprint density at radius 1 is 1.35 bits per heavy atom. The van der Waals surface area contributed by atoms with Crippen LogP contribution in [0.2, 0.25) is 10.0 Å². The molecule has 0 saturated carbocycles. The minimum Gasteiger partial charge on any atom is -0.313 e. The highest BCUT2D eigenvalue weighted by Crippen LogP contribution is 2.20. The molecule has 2 nitrogen and oxygen atoms in total. The molecule has 1 unspecified atom stereocenters. The number of hydrogen-bond acceptors (Lipinski definition) is 2. The van der Waals surface area contributed by atoms with Gasteiger partial charge in [0.05, 0.1) is 0 Å². The Hall–Kier alpha value is 0.01000. The van der Waals surface area contributed by atoms with Crippen LogP contribution in [0.15, 0.2) is 18.2 Å². The van der Waals surface area contributed by atoms with Crippen LogP contribution in [0.4, 0.5) is 0 Å². The molecule has 96 valence electrons. The summed E-state index contributed by atoms with van der Waals surface area (Å²) in [5.41, 5.74) is 1.06. The number of halogens is 3. The molecule has 1 aromatic carbocycles. The fraction of sp³-hybridized carbons (Fsp3) is 0.500. The van der Waals surface area contributed by atoms with Crippen LogP contribution in [-0.4, -0.2) is 19.1 Å². The van der Waals surface area contributed by atoms with Gasteiger partial charge in [-0.3, -0.25) is 0 Å². The Morgan fingerprint density at radius 2 is 2.18 bits per heavy atom. The standard InChI is InChI=1S/C12H16Cl2N2.ClH/c13-10-3-4-12(14)9(6-10)7-15-8-11-2-1-5-16-11;/h3-4,6,11,15-16H,1-2,5,7-8H2;1H. The van der Waals surface area contributed by atoms with Crippen molar-refractivity contribution in [3.63, 3.8) is 0 Å². The molecule has 0 amide bonds. The van der Waals surface area contributed by atoms with E-state index in [-0.39, 0.29) is 12.4 Å². The molecule has 1 aromatic rings. The zero-order chi connectivity index (χ0) is 11.4. The Morgan fingerprint density at radius 3 is 2.88 bits per heavy atom. The Bertz CT molecular complexity index is 352. The van der Waals surface area contributed by atoms with Crippen LogP contribution in [-0.2, 0) is 6.54 Å². The summed E-state index contributed by atoms with van der Waals surface area (Å²) in [4.78, 5) is 0. The SMILES string of the molecule is Cl.Clc1ccc(Cl)c(CNCC2CCCN2)c1. The highest BCUT2D eigenvalue weighted by Gasteiger charge is 2.13. The Kier molecular flexibility index (Phi) is 6.60. The van der Waals surface area contributed by atoms with Gasteiger partial charge < -0.3 is 10.6 Å². The van der Waals surface area contributed by atoms with Crippen molar-refractivity contribution in [1.29, 1.82) is 0 Å². The van der Waals surface area contributed by atoms with Crippen molar-refractivity contribution in [2.45, 2.75) is 25.4 Å². The van der Waals surface area contributed by atoms with E-state index in [1.165, 1.54) is 12.8 Å². The second-order valence-electron chi connectivity index (χ2n) is 4.16. The third-order valence-electron chi connectivity index (χ3n) is 2.88. The van der Waals surface area contributed by atoms with Crippen molar-refractivity contribution < 1.29 is 0 Å². The summed E-state index contributed by atoms with van der Waals surface area (Å²) in [6, 6.07) is 6.18. The van der Waals surface area contributed by atoms with Gasteiger partial charge in [0.15, 0.2) is 0 Å². The van der Waals surface area contributed by atoms with E-state index in [2.05, 4.69) is 10.6 Å². The molecule has 0 spiro atoms. The first-order chi connectivity index (χ1) is 7.75. The third-order valence-corrected chi connectivity index (χ3v) is 3.48. The van der Waals surface area contributed by atoms with Gasteiger partial charge >= 0.3 is 0 Å². The molecule has 2 N–H and O–H groups in total. The quantitative estimate of drug-likeness (QED) is 0.891. The molecule has 5 heteroatoms. The summed E-state index contributed by atoms with van der Waals surface area (Å²) in [7, 11) is 0. The molecule has 1 heterocycles. The van der Waals surface area contributed by atoms with E-state index in [0.29, 0.717) is 6.04 Å². The minimum absolute atomic E-state index is 0. The lowest BCUT2D eigenvalue weighted by atomic mass is 10.2. The van der Waals surface area contributed by atoms with E-state index in [1.807, 2.05) is 18.2 Å². The topological polar surface area (TPSA) is 24.1 Å². The van der Waals surface area contributed by atoms with Crippen LogP contribution in [0, 0.1) is 0 Å². The molecule has 0 bridgehead atoms. The molecule has 2 rings (SSSR count). The molecule has 1 aliphatic rings. The zero-order valence-corrected chi connectivity index (χ0v) is 11.8. The van der Waals surface area contributed by atoms with Gasteiger partial charge in [0.25, 0.3) is 0 Å². The van der Waals surface area contributed by atoms with E-state index in [1.54, 1.807) is 0 Å². The Balaban J connectivity index is 0.00000144. The molecule has 1 fully saturated rings. The molecule has 1 atom stereocenters. The van der Waals surface area contributed by atoms with Crippen LogP contribution in [0.25, 0.3) is 0 Å². The smallest absolute Gasteiger partial charge is 0.0451 e. The predicted octanol–water partition coefficient (Wildman–Crippen LogP) is 3.26. The van der Waals surface area contributed by atoms with Gasteiger partial charge in [0.2, 0.25) is 0 Å². The summed E-state index contributed by atoms with van der Waals surface area (Å²) in [6.45, 7) is 2.91. The first-order valence-corrected chi connectivity index (χ1v) is 6.39. The first kappa shape index (κ1) is 15.1. The van der Waals surface area contributed by atoms with Crippen molar-refractivity contribution >= 4 is 35.6 Å². The highest BCUT2D eigenvalue weighted by atomic mass is 35.5. The van der Waals surface area contributed by atoms with Gasteiger partial charge in [-0.15, -0.1) is 12.4 Å². The van der Waals surface area contributed by atoms with Gasteiger partial charge in [0.1, 0.15) is 0 Å². The average Bonchev–Trinajstić information content (AvgIpc) is 2.76. The maximum atomic E-state index is 6.08. The monoisotopic (exact) mass is 294 g/mol. The molecule has 1 aliphatic heterocycles. The van der Waals surface area contributed by atoms with Gasteiger partial charge in [-0.25, -0.2) is 0 Å². The predicted molar refractivity (Wildman–Crippen MR) is 76.4 cm³/mol. The van der Waals surface area contributed by atoms with Crippen molar-refractivity contribution in [3.8, 4) is 0 Å². The Labute approximate surface area is 118 Å². The van der Waals surface area contributed by atoms with E-state index in [0.717, 1.165) is 35.2 Å². The number of nitrogens with one attached hydrogen (secondary N) is 2. The van der Waals surface area contributed by atoms with Crippen molar-refractivity contribution in [1.82, 2.24) is 10.6 Å².